The molecule has 0 spiro atoms. The number of carbonyl (C=O) groups is 1. The van der Waals surface area contributed by atoms with Gasteiger partial charge in [-0.25, -0.2) is 4.98 Å². The Hall–Kier alpha value is -1.38. The van der Waals surface area contributed by atoms with Crippen molar-refractivity contribution in [2.24, 2.45) is 5.92 Å². The molecule has 0 radical (unpaired) electrons. The second-order valence-corrected chi connectivity index (χ2v) is 3.53. The maximum Gasteiger partial charge on any atom is 0.168 e. The minimum Gasteiger partial charge on any atom is -0.492 e. The van der Waals surface area contributed by atoms with Gasteiger partial charge >= 0.3 is 0 Å². The summed E-state index contributed by atoms with van der Waals surface area (Å²) in [6.07, 6.45) is 4.56. The van der Waals surface area contributed by atoms with Crippen LogP contribution in [0.4, 0.5) is 0 Å². The highest BCUT2D eigenvalue weighted by atomic mass is 16.5. The molecule has 82 valence electrons. The molecule has 0 saturated carbocycles. The lowest BCUT2D eigenvalue weighted by Gasteiger charge is -2.13. The quantitative estimate of drug-likeness (QED) is 0.673. The van der Waals surface area contributed by atoms with Gasteiger partial charge in [-0.05, 0) is 18.1 Å². The van der Waals surface area contributed by atoms with E-state index < -0.39 is 0 Å². The summed E-state index contributed by atoms with van der Waals surface area (Å²) in [4.78, 5) is 14.3. The van der Waals surface area contributed by atoms with Crippen LogP contribution in [0.1, 0.15) is 37.2 Å². The molecule has 0 N–H and O–H groups in total. The third-order valence-corrected chi connectivity index (χ3v) is 2.52. The number of rotatable bonds is 6. The van der Waals surface area contributed by atoms with Crippen LogP contribution in [0, 0.1) is 5.92 Å². The molecule has 0 atom stereocenters. The highest BCUT2D eigenvalue weighted by molar-refractivity contribution is 5.71. The average Bonchev–Trinajstić information content (AvgIpc) is 2.31. The van der Waals surface area contributed by atoms with Crippen LogP contribution in [0.3, 0.4) is 0 Å². The molecular weight excluding hydrogens is 190 g/mol. The standard InChI is InChI=1S/C12H17NO2/c1-3-10(4-2)9-15-12-6-5-11(8-14)13-7-12/h5-8,10H,3-4,9H2,1-2H3. The summed E-state index contributed by atoms with van der Waals surface area (Å²) in [7, 11) is 0. The van der Waals surface area contributed by atoms with Crippen molar-refractivity contribution in [3.05, 3.63) is 24.0 Å². The maximum absolute atomic E-state index is 10.4. The van der Waals surface area contributed by atoms with Gasteiger partial charge in [0.05, 0.1) is 12.8 Å². The zero-order chi connectivity index (χ0) is 11.1. The number of nitrogens with zero attached hydrogens (tertiary/aromatic N) is 1. The lowest BCUT2D eigenvalue weighted by atomic mass is 10.1. The predicted octanol–water partition coefficient (Wildman–Crippen LogP) is 2.71. The highest BCUT2D eigenvalue weighted by Crippen LogP contribution is 2.13. The smallest absolute Gasteiger partial charge is 0.168 e. The van der Waals surface area contributed by atoms with Crippen molar-refractivity contribution in [3.8, 4) is 5.75 Å². The molecule has 1 heterocycles. The number of aromatic nitrogens is 1. The Balaban J connectivity index is 2.46. The van der Waals surface area contributed by atoms with E-state index in [4.69, 9.17) is 4.74 Å². The van der Waals surface area contributed by atoms with E-state index in [9.17, 15) is 4.79 Å². The molecule has 0 saturated heterocycles. The number of ether oxygens (including phenoxy) is 1. The fraction of sp³-hybridized carbons (Fsp3) is 0.500. The Morgan fingerprint density at radius 1 is 1.40 bits per heavy atom. The zero-order valence-corrected chi connectivity index (χ0v) is 9.27. The van der Waals surface area contributed by atoms with Gasteiger partial charge in [0.2, 0.25) is 0 Å². The first-order chi connectivity index (χ1) is 7.30. The van der Waals surface area contributed by atoms with E-state index in [1.807, 2.05) is 0 Å². The first-order valence-electron chi connectivity index (χ1n) is 5.34. The summed E-state index contributed by atoms with van der Waals surface area (Å²) in [6, 6.07) is 3.44. The summed E-state index contributed by atoms with van der Waals surface area (Å²) in [5, 5.41) is 0. The van der Waals surface area contributed by atoms with E-state index in [0.29, 0.717) is 11.6 Å². The molecule has 0 amide bonds. The van der Waals surface area contributed by atoms with Crippen molar-refractivity contribution in [1.82, 2.24) is 4.98 Å². The molecule has 0 aromatic carbocycles. The first kappa shape index (κ1) is 11.7. The largest absolute Gasteiger partial charge is 0.492 e. The minimum absolute atomic E-state index is 0.435. The lowest BCUT2D eigenvalue weighted by molar-refractivity contribution is 0.111. The third-order valence-electron chi connectivity index (χ3n) is 2.52. The molecule has 0 aliphatic rings. The molecule has 0 unspecified atom stereocenters. The molecule has 1 aromatic heterocycles. The van der Waals surface area contributed by atoms with Gasteiger partial charge in [0.25, 0.3) is 0 Å². The van der Waals surface area contributed by atoms with E-state index in [0.717, 1.165) is 31.5 Å². The van der Waals surface area contributed by atoms with Crippen molar-refractivity contribution in [2.75, 3.05) is 6.61 Å². The van der Waals surface area contributed by atoms with Gasteiger partial charge < -0.3 is 4.74 Å². The SMILES string of the molecule is CCC(CC)COc1ccc(C=O)nc1. The van der Waals surface area contributed by atoms with Gasteiger partial charge in [-0.2, -0.15) is 0 Å². The maximum atomic E-state index is 10.4. The van der Waals surface area contributed by atoms with Crippen LogP contribution in [0.5, 0.6) is 5.75 Å². The number of hydrogen-bond donors (Lipinski definition) is 0. The number of carbonyl (C=O) groups excluding carboxylic acids is 1. The van der Waals surface area contributed by atoms with Crippen molar-refractivity contribution < 1.29 is 9.53 Å². The normalized spacial score (nSPS) is 10.3. The van der Waals surface area contributed by atoms with E-state index in [1.54, 1.807) is 18.3 Å². The van der Waals surface area contributed by atoms with Crippen molar-refractivity contribution in [1.29, 1.82) is 0 Å². The van der Waals surface area contributed by atoms with Crippen LogP contribution in [0.15, 0.2) is 18.3 Å². The Morgan fingerprint density at radius 3 is 2.60 bits per heavy atom. The van der Waals surface area contributed by atoms with Crippen LogP contribution >= 0.6 is 0 Å². The summed E-state index contributed by atoms with van der Waals surface area (Å²) in [5.74, 6) is 1.32. The molecule has 3 nitrogen and oxygen atoms in total. The molecule has 0 aliphatic carbocycles. The first-order valence-corrected chi connectivity index (χ1v) is 5.34. The molecule has 0 fully saturated rings. The van der Waals surface area contributed by atoms with Crippen molar-refractivity contribution in [2.45, 2.75) is 26.7 Å². The monoisotopic (exact) mass is 207 g/mol. The Labute approximate surface area is 90.5 Å². The fourth-order valence-corrected chi connectivity index (χ4v) is 1.29. The second-order valence-electron chi connectivity index (χ2n) is 3.53. The van der Waals surface area contributed by atoms with Gasteiger partial charge in [-0.15, -0.1) is 0 Å². The second kappa shape index (κ2) is 6.17. The molecule has 3 heteroatoms. The van der Waals surface area contributed by atoms with Gasteiger partial charge in [0.1, 0.15) is 11.4 Å². The summed E-state index contributed by atoms with van der Waals surface area (Å²) < 4.78 is 5.57. The van der Waals surface area contributed by atoms with Crippen LogP contribution < -0.4 is 4.74 Å². The number of aldehydes is 1. The van der Waals surface area contributed by atoms with Crippen LogP contribution in [-0.2, 0) is 0 Å². The van der Waals surface area contributed by atoms with E-state index in [-0.39, 0.29) is 0 Å². The van der Waals surface area contributed by atoms with Gasteiger partial charge in [0.15, 0.2) is 6.29 Å². The topological polar surface area (TPSA) is 39.2 Å². The Bertz CT molecular complexity index is 291. The number of hydrogen-bond acceptors (Lipinski definition) is 3. The molecule has 0 bridgehead atoms. The molecule has 1 rings (SSSR count). The van der Waals surface area contributed by atoms with E-state index >= 15 is 0 Å². The van der Waals surface area contributed by atoms with Crippen molar-refractivity contribution in [3.63, 3.8) is 0 Å². The summed E-state index contributed by atoms with van der Waals surface area (Å²) in [6.45, 7) is 5.03. The van der Waals surface area contributed by atoms with Crippen molar-refractivity contribution >= 4 is 6.29 Å². The lowest BCUT2D eigenvalue weighted by Crippen LogP contribution is -2.10. The van der Waals surface area contributed by atoms with E-state index in [2.05, 4.69) is 18.8 Å². The average molecular weight is 207 g/mol. The zero-order valence-electron chi connectivity index (χ0n) is 9.27. The molecule has 15 heavy (non-hydrogen) atoms. The fourth-order valence-electron chi connectivity index (χ4n) is 1.29. The van der Waals surface area contributed by atoms with Crippen LogP contribution in [-0.4, -0.2) is 17.9 Å². The molecule has 1 aromatic rings. The molecule has 0 aliphatic heterocycles. The summed E-state index contributed by atoms with van der Waals surface area (Å²) in [5.41, 5.74) is 0.435. The van der Waals surface area contributed by atoms with Gasteiger partial charge in [-0.3, -0.25) is 4.79 Å². The van der Waals surface area contributed by atoms with E-state index in [1.165, 1.54) is 0 Å². The van der Waals surface area contributed by atoms with Gasteiger partial charge in [0, 0.05) is 0 Å². The predicted molar refractivity (Wildman–Crippen MR) is 59.2 cm³/mol. The number of pyridine rings is 1. The molecular formula is C12H17NO2. The highest BCUT2D eigenvalue weighted by Gasteiger charge is 2.04. The van der Waals surface area contributed by atoms with Crippen LogP contribution in [0.2, 0.25) is 0 Å². The van der Waals surface area contributed by atoms with Crippen LogP contribution in [0.25, 0.3) is 0 Å². The summed E-state index contributed by atoms with van der Waals surface area (Å²) >= 11 is 0. The Morgan fingerprint density at radius 2 is 2.13 bits per heavy atom. The Kier molecular flexibility index (Phi) is 4.81. The minimum atomic E-state index is 0.435. The third kappa shape index (κ3) is 3.70. The van der Waals surface area contributed by atoms with Gasteiger partial charge in [-0.1, -0.05) is 26.7 Å².